The molecule has 0 aromatic heterocycles. The lowest BCUT2D eigenvalue weighted by Gasteiger charge is -2.40. The lowest BCUT2D eigenvalue weighted by atomic mass is 9.93. The summed E-state index contributed by atoms with van der Waals surface area (Å²) in [4.78, 5) is 2.69. The highest BCUT2D eigenvalue weighted by atomic mass is 32.2. The Bertz CT molecular complexity index is 668. The van der Waals surface area contributed by atoms with E-state index >= 15 is 0 Å². The number of hydrogen-bond acceptors (Lipinski definition) is 3. The van der Waals surface area contributed by atoms with Crippen LogP contribution in [-0.4, -0.2) is 49.8 Å². The van der Waals surface area contributed by atoms with Gasteiger partial charge in [-0.05, 0) is 55.4 Å². The van der Waals surface area contributed by atoms with Crippen LogP contribution in [0.5, 0.6) is 0 Å². The molecule has 2 bridgehead atoms. The summed E-state index contributed by atoms with van der Waals surface area (Å²) in [5.74, 6) is 1.33. The van der Waals surface area contributed by atoms with Gasteiger partial charge in [0.05, 0.1) is 4.90 Å². The first-order chi connectivity index (χ1) is 11.0. The number of nitrogens with zero attached hydrogens (tertiary/aromatic N) is 2. The zero-order chi connectivity index (χ0) is 16.0. The third kappa shape index (κ3) is 2.81. The number of benzene rings is 1. The van der Waals surface area contributed by atoms with Gasteiger partial charge in [-0.25, -0.2) is 12.8 Å². The summed E-state index contributed by atoms with van der Waals surface area (Å²) in [5, 5.41) is 0. The van der Waals surface area contributed by atoms with E-state index in [-0.39, 0.29) is 4.90 Å². The predicted octanol–water partition coefficient (Wildman–Crippen LogP) is 2.32. The van der Waals surface area contributed by atoms with Gasteiger partial charge in [-0.1, -0.05) is 6.42 Å². The smallest absolute Gasteiger partial charge is 0.243 e. The Morgan fingerprint density at radius 3 is 2.22 bits per heavy atom. The van der Waals surface area contributed by atoms with Crippen LogP contribution in [0.2, 0.25) is 0 Å². The van der Waals surface area contributed by atoms with Crippen LogP contribution < -0.4 is 0 Å². The third-order valence-corrected chi connectivity index (χ3v) is 7.81. The summed E-state index contributed by atoms with van der Waals surface area (Å²) in [6.45, 7) is 2.70. The number of rotatable bonds is 3. The van der Waals surface area contributed by atoms with Crippen LogP contribution in [0.4, 0.5) is 4.39 Å². The van der Waals surface area contributed by atoms with Gasteiger partial charge in [0.15, 0.2) is 0 Å². The number of halogens is 1. The normalized spacial score (nSPS) is 32.5. The monoisotopic (exact) mass is 338 g/mol. The minimum absolute atomic E-state index is 0.187. The standard InChI is InChI=1S/C17H23FN2O2S/c18-15-3-5-16(6-4-15)23(21,22)20-9-7-19(8-10-20)17-12-13-1-2-14(17)11-13/h3-6,13-14,17H,1-2,7-12H2/t13-,14-,17-/m1/s1. The number of fused-ring (bicyclic) bond motifs is 2. The van der Waals surface area contributed by atoms with Crippen molar-refractivity contribution in [2.45, 2.75) is 36.6 Å². The maximum absolute atomic E-state index is 13.0. The second-order valence-corrected chi connectivity index (χ2v) is 9.07. The van der Waals surface area contributed by atoms with Crippen LogP contribution in [0.1, 0.15) is 25.7 Å². The molecule has 3 fully saturated rings. The highest BCUT2D eigenvalue weighted by Gasteiger charge is 2.43. The average Bonchev–Trinajstić information content (AvgIpc) is 3.18. The van der Waals surface area contributed by atoms with Crippen LogP contribution in [0.3, 0.4) is 0 Å². The molecule has 4 nitrogen and oxygen atoms in total. The van der Waals surface area contributed by atoms with E-state index in [1.807, 2.05) is 0 Å². The Balaban J connectivity index is 1.42. The van der Waals surface area contributed by atoms with Gasteiger partial charge < -0.3 is 0 Å². The molecule has 2 saturated carbocycles. The van der Waals surface area contributed by atoms with E-state index in [1.54, 1.807) is 4.31 Å². The molecule has 0 amide bonds. The van der Waals surface area contributed by atoms with Crippen LogP contribution in [0.25, 0.3) is 0 Å². The molecule has 6 heteroatoms. The van der Waals surface area contributed by atoms with Crippen molar-refractivity contribution in [1.29, 1.82) is 0 Å². The number of hydrogen-bond donors (Lipinski definition) is 0. The zero-order valence-corrected chi connectivity index (χ0v) is 14.0. The third-order valence-electron chi connectivity index (χ3n) is 5.89. The molecule has 2 aliphatic carbocycles. The first-order valence-electron chi connectivity index (χ1n) is 8.54. The molecule has 1 saturated heterocycles. The van der Waals surface area contributed by atoms with Gasteiger partial charge in [-0.2, -0.15) is 4.31 Å². The second kappa shape index (κ2) is 5.83. The molecule has 1 aromatic carbocycles. The van der Waals surface area contributed by atoms with Crippen molar-refractivity contribution < 1.29 is 12.8 Å². The molecule has 1 heterocycles. The van der Waals surface area contributed by atoms with Crippen molar-refractivity contribution in [2.24, 2.45) is 11.8 Å². The fourth-order valence-corrected chi connectivity index (χ4v) is 6.11. The van der Waals surface area contributed by atoms with Gasteiger partial charge >= 0.3 is 0 Å². The first kappa shape index (κ1) is 15.5. The largest absolute Gasteiger partial charge is 0.297 e. The second-order valence-electron chi connectivity index (χ2n) is 7.14. The van der Waals surface area contributed by atoms with E-state index in [0.29, 0.717) is 19.1 Å². The van der Waals surface area contributed by atoms with Gasteiger partial charge in [-0.3, -0.25) is 4.90 Å². The van der Waals surface area contributed by atoms with Gasteiger partial charge in [0, 0.05) is 32.2 Å². The average molecular weight is 338 g/mol. The predicted molar refractivity (Wildman–Crippen MR) is 86.0 cm³/mol. The molecule has 0 radical (unpaired) electrons. The van der Waals surface area contributed by atoms with E-state index in [0.717, 1.165) is 24.9 Å². The van der Waals surface area contributed by atoms with Gasteiger partial charge in [0.25, 0.3) is 0 Å². The summed E-state index contributed by atoms with van der Waals surface area (Å²) in [6.07, 6.45) is 5.41. The van der Waals surface area contributed by atoms with Crippen molar-refractivity contribution in [1.82, 2.24) is 9.21 Å². The fraction of sp³-hybridized carbons (Fsp3) is 0.647. The topological polar surface area (TPSA) is 40.6 Å². The summed E-state index contributed by atoms with van der Waals surface area (Å²) >= 11 is 0. The van der Waals surface area contributed by atoms with E-state index in [9.17, 15) is 12.8 Å². The molecular weight excluding hydrogens is 315 g/mol. The summed E-state index contributed by atoms with van der Waals surface area (Å²) in [5.41, 5.74) is 0. The maximum Gasteiger partial charge on any atom is 0.243 e. The molecule has 3 atom stereocenters. The quantitative estimate of drug-likeness (QED) is 0.849. The van der Waals surface area contributed by atoms with Crippen molar-refractivity contribution >= 4 is 10.0 Å². The highest BCUT2D eigenvalue weighted by Crippen LogP contribution is 2.46. The van der Waals surface area contributed by atoms with Crippen molar-refractivity contribution in [3.63, 3.8) is 0 Å². The Hall–Kier alpha value is -0.980. The number of piperazine rings is 1. The van der Waals surface area contributed by atoms with Crippen molar-refractivity contribution in [3.8, 4) is 0 Å². The number of sulfonamides is 1. The van der Waals surface area contributed by atoms with Crippen LogP contribution in [0, 0.1) is 17.7 Å². The maximum atomic E-state index is 13.0. The van der Waals surface area contributed by atoms with Gasteiger partial charge in [0.1, 0.15) is 5.82 Å². The summed E-state index contributed by atoms with van der Waals surface area (Å²) in [6, 6.07) is 5.79. The molecule has 1 aromatic rings. The lowest BCUT2D eigenvalue weighted by molar-refractivity contribution is 0.101. The van der Waals surface area contributed by atoms with E-state index in [4.69, 9.17) is 0 Å². The minimum Gasteiger partial charge on any atom is -0.297 e. The Morgan fingerprint density at radius 1 is 0.957 bits per heavy atom. The minimum atomic E-state index is -3.50. The molecular formula is C17H23FN2O2S. The molecule has 0 N–H and O–H groups in total. The zero-order valence-electron chi connectivity index (χ0n) is 13.2. The van der Waals surface area contributed by atoms with Crippen LogP contribution in [-0.2, 0) is 10.0 Å². The molecule has 3 aliphatic rings. The van der Waals surface area contributed by atoms with Crippen molar-refractivity contribution in [2.75, 3.05) is 26.2 Å². The Labute approximate surface area is 137 Å². The van der Waals surface area contributed by atoms with Gasteiger partial charge in [0.2, 0.25) is 10.0 Å². The molecule has 126 valence electrons. The van der Waals surface area contributed by atoms with E-state index in [2.05, 4.69) is 4.90 Å². The SMILES string of the molecule is O=S(=O)(c1ccc(F)cc1)N1CCN([C@@H]2C[C@@H]3CC[C@@H]2C3)CC1. The molecule has 1 aliphatic heterocycles. The first-order valence-corrected chi connectivity index (χ1v) is 9.98. The molecule has 0 unspecified atom stereocenters. The summed E-state index contributed by atoms with van der Waals surface area (Å²) < 4.78 is 39.8. The summed E-state index contributed by atoms with van der Waals surface area (Å²) in [7, 11) is -3.50. The Morgan fingerprint density at radius 2 is 1.65 bits per heavy atom. The highest BCUT2D eigenvalue weighted by molar-refractivity contribution is 7.89. The molecule has 4 rings (SSSR count). The fourth-order valence-electron chi connectivity index (χ4n) is 4.69. The molecule has 23 heavy (non-hydrogen) atoms. The Kier molecular flexibility index (Phi) is 3.94. The lowest BCUT2D eigenvalue weighted by Crippen LogP contribution is -2.53. The van der Waals surface area contributed by atoms with E-state index < -0.39 is 15.8 Å². The van der Waals surface area contributed by atoms with Crippen LogP contribution in [0.15, 0.2) is 29.2 Å². The van der Waals surface area contributed by atoms with Crippen molar-refractivity contribution in [3.05, 3.63) is 30.1 Å². The van der Waals surface area contributed by atoms with Crippen LogP contribution >= 0.6 is 0 Å². The van der Waals surface area contributed by atoms with Gasteiger partial charge in [-0.15, -0.1) is 0 Å². The molecule has 0 spiro atoms. The van der Waals surface area contributed by atoms with E-state index in [1.165, 1.54) is 49.9 Å².